The van der Waals surface area contributed by atoms with Crippen LogP contribution in [0.1, 0.15) is 39.0 Å². The molecule has 1 rings (SSSR count). The van der Waals surface area contributed by atoms with Gasteiger partial charge in [0.15, 0.2) is 0 Å². The molecule has 0 aromatic carbocycles. The molecular weight excluding hydrogens is 225 g/mol. The maximum atomic E-state index is 11.1. The summed E-state index contributed by atoms with van der Waals surface area (Å²) in [6.45, 7) is 1.66. The average Bonchev–Trinajstić information content (AvgIpc) is 2.30. The van der Waals surface area contributed by atoms with Crippen molar-refractivity contribution in [2.75, 3.05) is 7.11 Å². The van der Waals surface area contributed by atoms with Gasteiger partial charge in [0.2, 0.25) is 0 Å². The first kappa shape index (κ1) is 15.6. The highest BCUT2D eigenvalue weighted by Crippen LogP contribution is 2.20. The fourth-order valence-corrected chi connectivity index (χ4v) is 1.45. The number of hydrogen-bond acceptors (Lipinski definition) is 4. The zero-order chi connectivity index (χ0) is 12.4. The van der Waals surface area contributed by atoms with E-state index in [9.17, 15) is 4.79 Å². The van der Waals surface area contributed by atoms with Gasteiger partial charge in [-0.05, 0) is 38.9 Å². The van der Waals surface area contributed by atoms with Crippen molar-refractivity contribution < 1.29 is 14.1 Å². The molecule has 0 saturated heterocycles. The summed E-state index contributed by atoms with van der Waals surface area (Å²) in [5.41, 5.74) is 5.38. The van der Waals surface area contributed by atoms with Crippen LogP contribution in [0.4, 0.5) is 0 Å². The van der Waals surface area contributed by atoms with Gasteiger partial charge in [-0.25, -0.2) is 0 Å². The van der Waals surface area contributed by atoms with E-state index in [2.05, 4.69) is 10.8 Å². The Morgan fingerprint density at radius 1 is 1.44 bits per heavy atom. The topological polar surface area (TPSA) is 61.5 Å². The molecule has 0 amide bonds. The van der Waals surface area contributed by atoms with Crippen molar-refractivity contribution in [1.29, 1.82) is 0 Å². The first-order chi connectivity index (χ1) is 7.61. The zero-order valence-corrected chi connectivity index (χ0v) is 11.0. The molecule has 0 unspecified atom stereocenters. The lowest BCUT2D eigenvalue weighted by Gasteiger charge is -2.22. The van der Waals surface area contributed by atoms with Crippen LogP contribution in [-0.2, 0) is 14.1 Å². The third-order valence-electron chi connectivity index (χ3n) is 2.34. The molecule has 0 bridgehead atoms. The number of esters is 1. The van der Waals surface area contributed by atoms with E-state index in [1.54, 1.807) is 14.0 Å². The number of rotatable bonds is 3. The highest BCUT2D eigenvalue weighted by atomic mass is 31.1. The van der Waals surface area contributed by atoms with Crippen molar-refractivity contribution in [3.63, 3.8) is 0 Å². The van der Waals surface area contributed by atoms with Gasteiger partial charge < -0.3 is 15.0 Å². The second-order valence-corrected chi connectivity index (χ2v) is 4.42. The van der Waals surface area contributed by atoms with Gasteiger partial charge in [-0.2, -0.15) is 0 Å². The lowest BCUT2D eigenvalue weighted by molar-refractivity contribution is -0.151. The summed E-state index contributed by atoms with van der Waals surface area (Å²) in [5.74, 6) is -0.262. The van der Waals surface area contributed by atoms with Crippen molar-refractivity contribution in [1.82, 2.24) is 0 Å². The lowest BCUT2D eigenvalue weighted by atomic mass is 9.98. The summed E-state index contributed by atoms with van der Waals surface area (Å²) in [4.78, 5) is 11.1. The number of ether oxygens (including phenoxy) is 1. The summed E-state index contributed by atoms with van der Waals surface area (Å²) < 4.78 is 9.59. The summed E-state index contributed by atoms with van der Waals surface area (Å²) in [6, 6.07) is -0.480. The van der Waals surface area contributed by atoms with Gasteiger partial charge in [-0.15, -0.1) is 0 Å². The van der Waals surface area contributed by atoms with Crippen molar-refractivity contribution in [2.45, 2.75) is 51.2 Å². The van der Waals surface area contributed by atoms with Crippen molar-refractivity contribution in [2.24, 2.45) is 5.73 Å². The van der Waals surface area contributed by atoms with Crippen LogP contribution in [0.25, 0.3) is 0 Å². The van der Waals surface area contributed by atoms with E-state index in [1.807, 2.05) is 0 Å². The number of hydrogen-bond donors (Lipinski definition) is 1. The van der Waals surface area contributed by atoms with Gasteiger partial charge in [0, 0.05) is 15.5 Å². The fourth-order valence-electron chi connectivity index (χ4n) is 1.45. The standard InChI is InChI=1S/C9H17NO2.C2H5OP/c1-7(10)9(11)12-8-5-3-2-4-6-8;1-3-4-2/h7-8H,2-6,10H2,1H3;2H2,1H3/t7-;/m0./s1. The minimum Gasteiger partial charge on any atom is -0.461 e. The Kier molecular flexibility index (Phi) is 9.49. The van der Waals surface area contributed by atoms with Crippen LogP contribution in [-0.4, -0.2) is 31.5 Å². The highest BCUT2D eigenvalue weighted by molar-refractivity contribution is 7.30. The monoisotopic (exact) mass is 247 g/mol. The normalized spacial score (nSPS) is 18.4. The summed E-state index contributed by atoms with van der Waals surface area (Å²) in [6.07, 6.45) is 9.14. The maximum Gasteiger partial charge on any atom is 0.322 e. The van der Waals surface area contributed by atoms with Gasteiger partial charge in [-0.3, -0.25) is 4.79 Å². The Bertz CT molecular complexity index is 203. The largest absolute Gasteiger partial charge is 0.461 e. The van der Waals surface area contributed by atoms with E-state index >= 15 is 0 Å². The van der Waals surface area contributed by atoms with Gasteiger partial charge in [0.25, 0.3) is 0 Å². The molecule has 0 aliphatic heterocycles. The minimum atomic E-state index is -0.480. The Labute approximate surface area is 99.4 Å². The van der Waals surface area contributed by atoms with Gasteiger partial charge in [-0.1, -0.05) is 6.42 Å². The molecule has 1 aliphatic carbocycles. The fraction of sp³-hybridized carbons (Fsp3) is 0.818. The molecule has 2 N–H and O–H groups in total. The molecular formula is C11H22NO3P. The van der Waals surface area contributed by atoms with Gasteiger partial charge in [0.1, 0.15) is 12.1 Å². The molecule has 0 spiro atoms. The summed E-state index contributed by atoms with van der Waals surface area (Å²) >= 11 is 0. The first-order valence-corrected chi connectivity index (χ1v) is 6.56. The molecule has 1 fully saturated rings. The second-order valence-electron chi connectivity index (χ2n) is 3.80. The molecule has 0 aromatic heterocycles. The molecule has 16 heavy (non-hydrogen) atoms. The maximum absolute atomic E-state index is 11.1. The van der Waals surface area contributed by atoms with Crippen LogP contribution in [0.15, 0.2) is 0 Å². The summed E-state index contributed by atoms with van der Waals surface area (Å²) in [5, 5.41) is 0. The molecule has 1 aliphatic rings. The van der Waals surface area contributed by atoms with Crippen LogP contribution in [0, 0.1) is 0 Å². The number of carbonyl (C=O) groups excluding carboxylic acids is 1. The smallest absolute Gasteiger partial charge is 0.322 e. The Morgan fingerprint density at radius 2 is 1.94 bits per heavy atom. The molecule has 4 nitrogen and oxygen atoms in total. The Balaban J connectivity index is 0.000000487. The second kappa shape index (κ2) is 9.76. The SMILES string of the molecule is C=POC.C[C@H](N)C(=O)OC1CCCCC1. The Hall–Kier alpha value is -0.440. The quantitative estimate of drug-likeness (QED) is 0.613. The van der Waals surface area contributed by atoms with Crippen LogP contribution in [0.2, 0.25) is 0 Å². The molecule has 1 saturated carbocycles. The number of nitrogens with two attached hydrogens (primary N) is 1. The van der Waals surface area contributed by atoms with E-state index in [-0.39, 0.29) is 12.1 Å². The number of carbonyl (C=O) groups is 1. The predicted molar refractivity (Wildman–Crippen MR) is 67.7 cm³/mol. The molecule has 0 radical (unpaired) electrons. The van der Waals surface area contributed by atoms with E-state index < -0.39 is 6.04 Å². The van der Waals surface area contributed by atoms with Crippen molar-refractivity contribution in [3.05, 3.63) is 0 Å². The average molecular weight is 247 g/mol. The van der Waals surface area contributed by atoms with E-state index in [0.29, 0.717) is 0 Å². The van der Waals surface area contributed by atoms with E-state index in [4.69, 9.17) is 10.5 Å². The lowest BCUT2D eigenvalue weighted by Crippen LogP contribution is -2.32. The predicted octanol–water partition coefficient (Wildman–Crippen LogP) is 2.14. The highest BCUT2D eigenvalue weighted by Gasteiger charge is 2.19. The van der Waals surface area contributed by atoms with Gasteiger partial charge in [0.05, 0.1) is 0 Å². The molecule has 0 aromatic rings. The minimum absolute atomic E-state index is 0.136. The van der Waals surface area contributed by atoms with Crippen LogP contribution in [0.5, 0.6) is 0 Å². The van der Waals surface area contributed by atoms with Crippen LogP contribution in [0.3, 0.4) is 0 Å². The molecule has 0 heterocycles. The van der Waals surface area contributed by atoms with Crippen LogP contribution < -0.4 is 5.73 Å². The third kappa shape index (κ3) is 7.80. The third-order valence-corrected chi connectivity index (χ3v) is 2.59. The van der Waals surface area contributed by atoms with E-state index in [0.717, 1.165) is 21.3 Å². The first-order valence-electron chi connectivity index (χ1n) is 5.57. The Morgan fingerprint density at radius 3 is 2.31 bits per heavy atom. The molecule has 94 valence electrons. The summed E-state index contributed by atoms with van der Waals surface area (Å²) in [7, 11) is 2.35. The van der Waals surface area contributed by atoms with Crippen molar-refractivity contribution >= 4 is 20.7 Å². The van der Waals surface area contributed by atoms with Crippen molar-refractivity contribution in [3.8, 4) is 0 Å². The zero-order valence-electron chi connectivity index (χ0n) is 10.1. The van der Waals surface area contributed by atoms with E-state index in [1.165, 1.54) is 19.3 Å². The molecule has 1 atom stereocenters. The van der Waals surface area contributed by atoms with Crippen LogP contribution >= 0.6 is 8.43 Å². The van der Waals surface area contributed by atoms with Gasteiger partial charge >= 0.3 is 5.97 Å². The molecule has 5 heteroatoms.